The fraction of sp³-hybridized carbons (Fsp3) is 0.400. The lowest BCUT2D eigenvalue weighted by Gasteiger charge is -2.06. The molecular formula is C40H54N4O7. The molecule has 0 aliphatic carbocycles. The van der Waals surface area contributed by atoms with E-state index in [1.807, 2.05) is 111 Å². The molecule has 4 rings (SSSR count). The summed E-state index contributed by atoms with van der Waals surface area (Å²) in [4.78, 5) is 0. The molecule has 51 heavy (non-hydrogen) atoms. The van der Waals surface area contributed by atoms with E-state index >= 15 is 0 Å². The molecule has 276 valence electrons. The van der Waals surface area contributed by atoms with Gasteiger partial charge in [0.05, 0.1) is 37.8 Å². The second-order valence-electron chi connectivity index (χ2n) is 11.2. The Balaban J connectivity index is 0.000000347. The van der Waals surface area contributed by atoms with Crippen molar-refractivity contribution in [2.45, 2.75) is 65.2 Å². The van der Waals surface area contributed by atoms with Crippen LogP contribution in [0.25, 0.3) is 0 Å². The van der Waals surface area contributed by atoms with Gasteiger partial charge in [0, 0.05) is 13.2 Å². The number of para-hydroxylation sites is 2. The van der Waals surface area contributed by atoms with Gasteiger partial charge in [-0.15, -0.1) is 10.2 Å². The molecule has 0 unspecified atom stereocenters. The lowest BCUT2D eigenvalue weighted by atomic mass is 10.2. The molecule has 4 aromatic carbocycles. The number of benzene rings is 4. The second kappa shape index (κ2) is 27.0. The molecule has 4 N–H and O–H groups in total. The molecule has 0 aliphatic rings. The van der Waals surface area contributed by atoms with Crippen molar-refractivity contribution in [1.29, 1.82) is 0 Å². The van der Waals surface area contributed by atoms with Crippen LogP contribution in [0, 0.1) is 0 Å². The Morgan fingerprint density at radius 1 is 0.431 bits per heavy atom. The van der Waals surface area contributed by atoms with Crippen molar-refractivity contribution in [3.63, 3.8) is 0 Å². The van der Waals surface area contributed by atoms with E-state index in [0.717, 1.165) is 85.7 Å². The molecule has 0 saturated carbocycles. The number of aliphatic hydroxyl groups is 2. The summed E-state index contributed by atoms with van der Waals surface area (Å²) in [5, 5.41) is 34.5. The molecule has 0 spiro atoms. The van der Waals surface area contributed by atoms with Crippen LogP contribution in [0.1, 0.15) is 65.2 Å². The molecule has 4 aromatic rings. The Morgan fingerprint density at radius 3 is 1.18 bits per heavy atom. The number of hydrogen-bond donors (Lipinski definition) is 2. The van der Waals surface area contributed by atoms with Crippen LogP contribution in [0.3, 0.4) is 0 Å². The third-order valence-corrected chi connectivity index (χ3v) is 7.19. The molecule has 0 bridgehead atoms. The van der Waals surface area contributed by atoms with Crippen molar-refractivity contribution < 1.29 is 34.6 Å². The van der Waals surface area contributed by atoms with Crippen LogP contribution in [0.15, 0.2) is 118 Å². The molecule has 11 nitrogen and oxygen atoms in total. The highest BCUT2D eigenvalue weighted by Gasteiger charge is 2.03. The van der Waals surface area contributed by atoms with Gasteiger partial charge in [0.15, 0.2) is 0 Å². The standard InChI is InChI=1S/2C20H26N2O3.H2O/c2*1-2-24-20-10-6-5-9-19(20)22-21-17-11-13-18(14-12-17)25-16-8-4-3-7-15-23;/h2*5-6,9-14,23H,2-4,7-8,15-16H2,1H3;1H2. The molecule has 0 aliphatic heterocycles. The van der Waals surface area contributed by atoms with Crippen LogP contribution in [-0.4, -0.2) is 55.3 Å². The molecule has 0 aromatic heterocycles. The van der Waals surface area contributed by atoms with Crippen LogP contribution in [0.4, 0.5) is 22.7 Å². The normalized spacial score (nSPS) is 10.7. The van der Waals surface area contributed by atoms with Crippen molar-refractivity contribution in [2.75, 3.05) is 39.6 Å². The predicted octanol–water partition coefficient (Wildman–Crippen LogP) is 10.0. The molecule has 0 radical (unpaired) electrons. The van der Waals surface area contributed by atoms with E-state index in [2.05, 4.69) is 20.5 Å². The second-order valence-corrected chi connectivity index (χ2v) is 11.2. The third kappa shape index (κ3) is 17.6. The summed E-state index contributed by atoms with van der Waals surface area (Å²) in [7, 11) is 0. The number of unbranched alkanes of at least 4 members (excludes halogenated alkanes) is 6. The van der Waals surface area contributed by atoms with Gasteiger partial charge < -0.3 is 34.6 Å². The third-order valence-electron chi connectivity index (χ3n) is 7.19. The minimum Gasteiger partial charge on any atom is -0.494 e. The smallest absolute Gasteiger partial charge is 0.146 e. The quantitative estimate of drug-likeness (QED) is 0.0612. The first-order valence-corrected chi connectivity index (χ1v) is 17.6. The van der Waals surface area contributed by atoms with Crippen molar-refractivity contribution in [3.05, 3.63) is 97.1 Å². The van der Waals surface area contributed by atoms with Crippen LogP contribution in [0.5, 0.6) is 23.0 Å². The van der Waals surface area contributed by atoms with Crippen LogP contribution < -0.4 is 18.9 Å². The monoisotopic (exact) mass is 702 g/mol. The van der Waals surface area contributed by atoms with E-state index in [0.29, 0.717) is 37.8 Å². The van der Waals surface area contributed by atoms with Gasteiger partial charge in [0.25, 0.3) is 0 Å². The number of ether oxygens (including phenoxy) is 4. The lowest BCUT2D eigenvalue weighted by molar-refractivity contribution is 0.273. The maximum atomic E-state index is 8.73. The van der Waals surface area contributed by atoms with Crippen LogP contribution in [-0.2, 0) is 0 Å². The zero-order valence-corrected chi connectivity index (χ0v) is 30.0. The van der Waals surface area contributed by atoms with Gasteiger partial charge in [-0.2, -0.15) is 10.2 Å². The summed E-state index contributed by atoms with van der Waals surface area (Å²) in [5.41, 5.74) is 2.96. The summed E-state index contributed by atoms with van der Waals surface area (Å²) in [6.45, 7) is 7.00. The number of rotatable bonds is 22. The highest BCUT2D eigenvalue weighted by atomic mass is 16.5. The molecule has 0 heterocycles. The first-order chi connectivity index (χ1) is 24.7. The van der Waals surface area contributed by atoms with Gasteiger partial charge in [-0.25, -0.2) is 0 Å². The summed E-state index contributed by atoms with van der Waals surface area (Å²) in [6, 6.07) is 30.3. The van der Waals surface area contributed by atoms with Crippen molar-refractivity contribution in [2.24, 2.45) is 20.5 Å². The molecule has 0 saturated heterocycles. The lowest BCUT2D eigenvalue weighted by Crippen LogP contribution is -1.97. The Labute approximate surface area is 302 Å². The highest BCUT2D eigenvalue weighted by molar-refractivity contribution is 5.52. The summed E-state index contributed by atoms with van der Waals surface area (Å²) >= 11 is 0. The Kier molecular flexibility index (Phi) is 22.4. The van der Waals surface area contributed by atoms with E-state index in [1.54, 1.807) is 0 Å². The Hall–Kier alpha value is -4.84. The average Bonchev–Trinajstić information content (AvgIpc) is 3.15. The molecule has 0 atom stereocenters. The average molecular weight is 703 g/mol. The maximum absolute atomic E-state index is 8.73. The Morgan fingerprint density at radius 2 is 0.804 bits per heavy atom. The largest absolute Gasteiger partial charge is 0.494 e. The summed E-state index contributed by atoms with van der Waals surface area (Å²) in [5.74, 6) is 3.12. The van der Waals surface area contributed by atoms with Crippen molar-refractivity contribution in [3.8, 4) is 23.0 Å². The van der Waals surface area contributed by atoms with E-state index in [-0.39, 0.29) is 18.7 Å². The van der Waals surface area contributed by atoms with Gasteiger partial charge in [-0.05, 0) is 125 Å². The summed E-state index contributed by atoms with van der Waals surface area (Å²) in [6.07, 6.45) is 7.96. The highest BCUT2D eigenvalue weighted by Crippen LogP contribution is 2.30. The topological polar surface area (TPSA) is 158 Å². The molecular weight excluding hydrogens is 648 g/mol. The van der Waals surface area contributed by atoms with E-state index in [1.165, 1.54) is 0 Å². The molecule has 11 heteroatoms. The fourth-order valence-corrected chi connectivity index (χ4v) is 4.59. The SMILES string of the molecule is CCOc1ccccc1N=Nc1ccc(OCCCCCCO)cc1.CCOc1ccccc1N=Nc1ccc(OCCCCCCO)cc1.O. The number of azo groups is 2. The van der Waals surface area contributed by atoms with Gasteiger partial charge in [0.1, 0.15) is 34.4 Å². The molecule has 0 amide bonds. The zero-order chi connectivity index (χ0) is 35.5. The maximum Gasteiger partial charge on any atom is 0.146 e. The van der Waals surface area contributed by atoms with Crippen molar-refractivity contribution >= 4 is 22.7 Å². The molecule has 0 fully saturated rings. The minimum atomic E-state index is 0. The Bertz CT molecular complexity index is 1400. The number of aliphatic hydroxyl groups excluding tert-OH is 2. The van der Waals surface area contributed by atoms with Gasteiger partial charge in [-0.1, -0.05) is 37.1 Å². The van der Waals surface area contributed by atoms with Gasteiger partial charge >= 0.3 is 0 Å². The van der Waals surface area contributed by atoms with E-state index in [9.17, 15) is 0 Å². The minimum absolute atomic E-state index is 0. The summed E-state index contributed by atoms with van der Waals surface area (Å²) < 4.78 is 22.5. The fourth-order valence-electron chi connectivity index (χ4n) is 4.59. The van der Waals surface area contributed by atoms with Gasteiger partial charge in [0.2, 0.25) is 0 Å². The number of nitrogens with zero attached hydrogens (tertiary/aromatic N) is 4. The predicted molar refractivity (Wildman–Crippen MR) is 202 cm³/mol. The van der Waals surface area contributed by atoms with Crippen LogP contribution in [0.2, 0.25) is 0 Å². The first-order valence-electron chi connectivity index (χ1n) is 17.6. The zero-order valence-electron chi connectivity index (χ0n) is 30.0. The first kappa shape index (κ1) is 42.3. The number of hydrogen-bond acceptors (Lipinski definition) is 10. The van der Waals surface area contributed by atoms with Crippen LogP contribution >= 0.6 is 0 Å². The van der Waals surface area contributed by atoms with Gasteiger partial charge in [-0.3, -0.25) is 0 Å². The van der Waals surface area contributed by atoms with E-state index in [4.69, 9.17) is 29.2 Å². The van der Waals surface area contributed by atoms with Crippen molar-refractivity contribution in [1.82, 2.24) is 0 Å². The van der Waals surface area contributed by atoms with E-state index < -0.39 is 0 Å².